The Bertz CT molecular complexity index is 1300. The number of anilines is 2. The van der Waals surface area contributed by atoms with E-state index in [1.807, 2.05) is 43.3 Å². The zero-order valence-electron chi connectivity index (χ0n) is 23.6. The molecule has 0 aromatic heterocycles. The number of hydrogen-bond acceptors (Lipinski definition) is 7. The van der Waals surface area contributed by atoms with Crippen molar-refractivity contribution in [3.05, 3.63) is 95.1 Å². The van der Waals surface area contributed by atoms with Gasteiger partial charge in [-0.3, -0.25) is 18.2 Å². The highest BCUT2D eigenvalue weighted by Crippen LogP contribution is 2.50. The summed E-state index contributed by atoms with van der Waals surface area (Å²) in [5, 5.41) is 21.2. The smallest absolute Gasteiger partial charge is 0.251 e. The SMILES string of the molecule is CCNc1cc(C(=O)N[C@@H](Cc2ccccc2)[C@@H](O)CNC2Cc3ccccc3C2)cc(N2CCCCS2(O)O)c1. The zero-order valence-corrected chi connectivity index (χ0v) is 24.4. The van der Waals surface area contributed by atoms with Crippen LogP contribution in [0.15, 0.2) is 72.8 Å². The molecule has 1 aliphatic heterocycles. The number of aliphatic hydroxyl groups excluding tert-OH is 1. The summed E-state index contributed by atoms with van der Waals surface area (Å²) in [5.41, 5.74) is 5.46. The molecule has 2 atom stereocenters. The molecule has 8 nitrogen and oxygen atoms in total. The maximum Gasteiger partial charge on any atom is 0.251 e. The van der Waals surface area contributed by atoms with Gasteiger partial charge in [-0.25, -0.2) is 0 Å². The van der Waals surface area contributed by atoms with Gasteiger partial charge in [0.1, 0.15) is 0 Å². The standard InChI is InChI=1S/C32H42N4O4S/c1-2-33-28-19-26(20-29(21-28)36-14-8-9-15-41(36,39)40)32(38)35-30(16-23-10-4-3-5-11-23)31(37)22-34-27-17-24-12-6-7-13-25(24)18-27/h3-7,10-13,19-21,27,30-31,33-34,37,39-40H,2,8-9,14-18,22H2,1H3,(H,35,38)/t30-,31-/m0/s1. The van der Waals surface area contributed by atoms with E-state index in [9.17, 15) is 19.0 Å². The molecule has 5 rings (SSSR count). The lowest BCUT2D eigenvalue weighted by atomic mass is 10.00. The Labute approximate surface area is 244 Å². The first-order chi connectivity index (χ1) is 19.8. The average molecular weight is 579 g/mol. The number of aliphatic hydroxyl groups is 1. The van der Waals surface area contributed by atoms with Gasteiger partial charge in [-0.2, -0.15) is 0 Å². The Kier molecular flexibility index (Phi) is 9.52. The summed E-state index contributed by atoms with van der Waals surface area (Å²) in [6.07, 6.45) is 3.13. The molecule has 220 valence electrons. The minimum absolute atomic E-state index is 0.249. The van der Waals surface area contributed by atoms with Gasteiger partial charge in [-0.15, -0.1) is 10.8 Å². The topological polar surface area (TPSA) is 117 Å². The predicted octanol–water partition coefficient (Wildman–Crippen LogP) is 4.84. The van der Waals surface area contributed by atoms with Gasteiger partial charge >= 0.3 is 0 Å². The van der Waals surface area contributed by atoms with Crippen molar-refractivity contribution >= 4 is 28.1 Å². The number of carbonyl (C=O) groups is 1. The van der Waals surface area contributed by atoms with Crippen LogP contribution in [-0.2, 0) is 19.3 Å². The van der Waals surface area contributed by atoms with Crippen molar-refractivity contribution in [1.29, 1.82) is 0 Å². The second kappa shape index (κ2) is 13.3. The van der Waals surface area contributed by atoms with Gasteiger partial charge in [0.15, 0.2) is 0 Å². The van der Waals surface area contributed by atoms with Crippen molar-refractivity contribution < 1.29 is 19.0 Å². The van der Waals surface area contributed by atoms with Crippen LogP contribution in [0.25, 0.3) is 0 Å². The van der Waals surface area contributed by atoms with E-state index in [0.717, 1.165) is 36.9 Å². The monoisotopic (exact) mass is 578 g/mol. The summed E-state index contributed by atoms with van der Waals surface area (Å²) in [6, 6.07) is 23.4. The third-order valence-corrected chi connectivity index (χ3v) is 9.91. The van der Waals surface area contributed by atoms with Crippen molar-refractivity contribution in [3.63, 3.8) is 0 Å². The average Bonchev–Trinajstić information content (AvgIpc) is 3.39. The number of rotatable bonds is 11. The molecule has 0 unspecified atom stereocenters. The first kappa shape index (κ1) is 29.4. The molecule has 1 fully saturated rings. The number of nitrogens with one attached hydrogen (secondary N) is 3. The van der Waals surface area contributed by atoms with Gasteiger partial charge in [0.25, 0.3) is 5.91 Å². The third kappa shape index (κ3) is 7.42. The van der Waals surface area contributed by atoms with E-state index >= 15 is 0 Å². The van der Waals surface area contributed by atoms with Gasteiger partial charge in [-0.05, 0) is 73.9 Å². The lowest BCUT2D eigenvalue weighted by Gasteiger charge is -2.47. The predicted molar refractivity (Wildman–Crippen MR) is 168 cm³/mol. The summed E-state index contributed by atoms with van der Waals surface area (Å²) in [7, 11) is -2.94. The Morgan fingerprint density at radius 1 is 1.00 bits per heavy atom. The van der Waals surface area contributed by atoms with Crippen LogP contribution >= 0.6 is 10.8 Å². The second-order valence-corrected chi connectivity index (χ2v) is 13.2. The highest BCUT2D eigenvalue weighted by atomic mass is 32.3. The molecule has 0 radical (unpaired) electrons. The van der Waals surface area contributed by atoms with Gasteiger partial charge in [0.2, 0.25) is 0 Å². The molecule has 2 aliphatic rings. The molecule has 3 aromatic rings. The van der Waals surface area contributed by atoms with Crippen LogP contribution in [0.1, 0.15) is 46.8 Å². The molecule has 0 saturated carbocycles. The minimum atomic E-state index is -2.94. The first-order valence-corrected chi connectivity index (χ1v) is 16.2. The number of amides is 1. The molecule has 1 heterocycles. The Morgan fingerprint density at radius 3 is 2.39 bits per heavy atom. The molecule has 0 bridgehead atoms. The summed E-state index contributed by atoms with van der Waals surface area (Å²) >= 11 is 0. The Balaban J connectivity index is 1.33. The zero-order chi connectivity index (χ0) is 28.8. The van der Waals surface area contributed by atoms with Crippen LogP contribution < -0.4 is 20.3 Å². The van der Waals surface area contributed by atoms with Crippen molar-refractivity contribution in [2.45, 2.75) is 57.2 Å². The Morgan fingerprint density at radius 2 is 1.71 bits per heavy atom. The summed E-state index contributed by atoms with van der Waals surface area (Å²) < 4.78 is 23.1. The maximum absolute atomic E-state index is 13.7. The van der Waals surface area contributed by atoms with Crippen molar-refractivity contribution in [1.82, 2.24) is 10.6 Å². The van der Waals surface area contributed by atoms with E-state index < -0.39 is 22.9 Å². The fourth-order valence-corrected chi connectivity index (χ4v) is 7.51. The van der Waals surface area contributed by atoms with Crippen LogP contribution in [0.3, 0.4) is 0 Å². The van der Waals surface area contributed by atoms with Gasteiger partial charge in [0.05, 0.1) is 23.6 Å². The molecule has 1 saturated heterocycles. The minimum Gasteiger partial charge on any atom is -0.390 e. The summed E-state index contributed by atoms with van der Waals surface area (Å²) in [4.78, 5) is 13.7. The summed E-state index contributed by atoms with van der Waals surface area (Å²) in [6.45, 7) is 3.51. The second-order valence-electron chi connectivity index (χ2n) is 11.1. The molecule has 3 aromatic carbocycles. The van der Waals surface area contributed by atoms with E-state index in [-0.39, 0.29) is 11.9 Å². The van der Waals surface area contributed by atoms with Crippen LogP contribution in [0, 0.1) is 0 Å². The van der Waals surface area contributed by atoms with Crippen LogP contribution in [0.5, 0.6) is 0 Å². The molecule has 41 heavy (non-hydrogen) atoms. The van der Waals surface area contributed by atoms with Crippen molar-refractivity contribution in [2.75, 3.05) is 35.0 Å². The van der Waals surface area contributed by atoms with Gasteiger partial charge in [0, 0.05) is 36.9 Å². The van der Waals surface area contributed by atoms with E-state index in [4.69, 9.17) is 0 Å². The summed E-state index contributed by atoms with van der Waals surface area (Å²) in [5.74, 6) is 0.0115. The number of hydrogen-bond donors (Lipinski definition) is 6. The van der Waals surface area contributed by atoms with E-state index in [0.29, 0.717) is 43.1 Å². The maximum atomic E-state index is 13.7. The molecular formula is C32H42N4O4S. The van der Waals surface area contributed by atoms with Crippen LogP contribution in [0.2, 0.25) is 0 Å². The quantitative estimate of drug-likeness (QED) is 0.193. The third-order valence-electron chi connectivity index (χ3n) is 7.98. The van der Waals surface area contributed by atoms with Gasteiger partial charge < -0.3 is 21.1 Å². The molecular weight excluding hydrogens is 536 g/mol. The number of fused-ring (bicyclic) bond motifs is 1. The number of benzene rings is 3. The number of nitrogens with zero attached hydrogens (tertiary/aromatic N) is 1. The molecule has 9 heteroatoms. The van der Waals surface area contributed by atoms with E-state index in [2.05, 4.69) is 40.2 Å². The molecule has 6 N–H and O–H groups in total. The first-order valence-electron chi connectivity index (χ1n) is 14.6. The van der Waals surface area contributed by atoms with Crippen LogP contribution in [0.4, 0.5) is 11.4 Å². The van der Waals surface area contributed by atoms with Crippen molar-refractivity contribution in [3.8, 4) is 0 Å². The normalized spacial score (nSPS) is 18.8. The molecule has 0 spiro atoms. The van der Waals surface area contributed by atoms with Gasteiger partial charge in [-0.1, -0.05) is 54.6 Å². The lowest BCUT2D eigenvalue weighted by Crippen LogP contribution is -2.50. The highest BCUT2D eigenvalue weighted by Gasteiger charge is 2.29. The molecule has 1 aliphatic carbocycles. The lowest BCUT2D eigenvalue weighted by molar-refractivity contribution is 0.0825. The van der Waals surface area contributed by atoms with E-state index in [1.54, 1.807) is 16.4 Å². The fourth-order valence-electron chi connectivity index (χ4n) is 5.83. The van der Waals surface area contributed by atoms with E-state index in [1.165, 1.54) is 11.1 Å². The highest BCUT2D eigenvalue weighted by molar-refractivity contribution is 8.25. The van der Waals surface area contributed by atoms with Crippen LogP contribution in [-0.4, -0.2) is 63.7 Å². The number of carbonyl (C=O) groups excluding carboxylic acids is 1. The Hall–Kier alpha value is -3.08. The molecule has 1 amide bonds. The fraction of sp³-hybridized carbons (Fsp3) is 0.406. The largest absolute Gasteiger partial charge is 0.390 e. The van der Waals surface area contributed by atoms with Crippen molar-refractivity contribution in [2.24, 2.45) is 0 Å².